The molecule has 4 heteroatoms. The van der Waals surface area contributed by atoms with Crippen LogP contribution in [-0.4, -0.2) is 0 Å². The summed E-state index contributed by atoms with van der Waals surface area (Å²) in [6.07, 6.45) is 0. The third-order valence-electron chi connectivity index (χ3n) is 1.58. The van der Waals surface area contributed by atoms with E-state index in [9.17, 15) is 4.39 Å². The van der Waals surface area contributed by atoms with Crippen LogP contribution in [0, 0.1) is 5.82 Å². The van der Waals surface area contributed by atoms with E-state index in [0.717, 1.165) is 10.1 Å². The highest BCUT2D eigenvalue weighted by Crippen LogP contribution is 2.35. The molecular weight excluding hydrogens is 263 g/mol. The number of thiophene rings is 1. The second-order valence-corrected chi connectivity index (χ2v) is 4.44. The van der Waals surface area contributed by atoms with Crippen molar-refractivity contribution < 1.29 is 4.39 Å². The van der Waals surface area contributed by atoms with E-state index in [1.807, 2.05) is 11.4 Å². The highest BCUT2D eigenvalue weighted by Gasteiger charge is 2.10. The molecule has 12 heavy (non-hydrogen) atoms. The first-order chi connectivity index (χ1) is 5.70. The van der Waals surface area contributed by atoms with Gasteiger partial charge in [0.1, 0.15) is 0 Å². The summed E-state index contributed by atoms with van der Waals surface area (Å²) in [6.45, 7) is 0. The van der Waals surface area contributed by atoms with Crippen molar-refractivity contribution in [2.75, 3.05) is 0 Å². The Hall–Kier alpha value is -0.120. The van der Waals surface area contributed by atoms with Gasteiger partial charge in [0.05, 0.1) is 14.2 Å². The minimum Gasteiger partial charge on any atom is -0.204 e. The third-order valence-corrected chi connectivity index (χ3v) is 3.81. The van der Waals surface area contributed by atoms with Gasteiger partial charge in [0, 0.05) is 0 Å². The molecule has 0 saturated heterocycles. The lowest BCUT2D eigenvalue weighted by Gasteiger charge is -1.98. The van der Waals surface area contributed by atoms with Crippen LogP contribution >= 0.6 is 38.9 Å². The molecule has 0 atom stereocenters. The van der Waals surface area contributed by atoms with E-state index < -0.39 is 0 Å². The Morgan fingerprint density at radius 2 is 2.25 bits per heavy atom. The van der Waals surface area contributed by atoms with E-state index in [0.29, 0.717) is 4.47 Å². The van der Waals surface area contributed by atoms with Crippen molar-refractivity contribution in [1.82, 2.24) is 0 Å². The Kier molecular flexibility index (Phi) is 2.10. The highest BCUT2D eigenvalue weighted by molar-refractivity contribution is 9.10. The van der Waals surface area contributed by atoms with Crippen molar-refractivity contribution >= 4 is 49.0 Å². The summed E-state index contributed by atoms with van der Waals surface area (Å²) in [5.74, 6) is -0.383. The Morgan fingerprint density at radius 1 is 1.50 bits per heavy atom. The van der Waals surface area contributed by atoms with E-state index in [4.69, 9.17) is 11.6 Å². The molecule has 0 aliphatic carbocycles. The second kappa shape index (κ2) is 2.98. The van der Waals surface area contributed by atoms with Crippen LogP contribution in [0.1, 0.15) is 0 Å². The summed E-state index contributed by atoms with van der Waals surface area (Å²) in [5, 5.41) is 3.04. The average molecular weight is 266 g/mol. The Balaban J connectivity index is 2.94. The SMILES string of the molecule is Fc1c(Cl)cc2ccsc2c1Br. The molecule has 1 aromatic carbocycles. The van der Waals surface area contributed by atoms with Crippen molar-refractivity contribution in [3.8, 4) is 0 Å². The molecule has 2 rings (SSSR count). The van der Waals surface area contributed by atoms with Crippen molar-refractivity contribution in [3.05, 3.63) is 32.8 Å². The van der Waals surface area contributed by atoms with Gasteiger partial charge in [0.15, 0.2) is 5.82 Å². The number of halogens is 3. The van der Waals surface area contributed by atoms with Gasteiger partial charge in [-0.05, 0) is 38.8 Å². The van der Waals surface area contributed by atoms with Gasteiger partial charge in [-0.2, -0.15) is 0 Å². The van der Waals surface area contributed by atoms with Gasteiger partial charge in [0.25, 0.3) is 0 Å². The average Bonchev–Trinajstić information content (AvgIpc) is 2.48. The maximum atomic E-state index is 13.2. The molecule has 0 fully saturated rings. The zero-order chi connectivity index (χ0) is 8.72. The first kappa shape index (κ1) is 8.48. The predicted molar refractivity (Wildman–Crippen MR) is 54.5 cm³/mol. The van der Waals surface area contributed by atoms with Crippen molar-refractivity contribution in [1.29, 1.82) is 0 Å². The van der Waals surface area contributed by atoms with E-state index in [2.05, 4.69) is 15.9 Å². The van der Waals surface area contributed by atoms with Crippen LogP contribution in [0.3, 0.4) is 0 Å². The van der Waals surface area contributed by atoms with Crippen molar-refractivity contribution in [2.45, 2.75) is 0 Å². The summed E-state index contributed by atoms with van der Waals surface area (Å²) >= 11 is 10.3. The summed E-state index contributed by atoms with van der Waals surface area (Å²) in [5.41, 5.74) is 0. The molecule has 2 aromatic rings. The van der Waals surface area contributed by atoms with Crippen molar-refractivity contribution in [2.24, 2.45) is 0 Å². The molecule has 0 aliphatic rings. The lowest BCUT2D eigenvalue weighted by molar-refractivity contribution is 0.624. The standard InChI is InChI=1S/C8H3BrClFS/c9-6-7(11)5(10)3-4-1-2-12-8(4)6/h1-3H. The lowest BCUT2D eigenvalue weighted by atomic mass is 10.2. The Morgan fingerprint density at radius 3 is 3.00 bits per heavy atom. The molecule has 0 amide bonds. The molecule has 0 bridgehead atoms. The molecule has 62 valence electrons. The van der Waals surface area contributed by atoms with E-state index in [-0.39, 0.29) is 10.8 Å². The lowest BCUT2D eigenvalue weighted by Crippen LogP contribution is -1.78. The number of hydrogen-bond acceptors (Lipinski definition) is 1. The highest BCUT2D eigenvalue weighted by atomic mass is 79.9. The Labute approximate surface area is 86.1 Å². The number of hydrogen-bond donors (Lipinski definition) is 0. The first-order valence-corrected chi connectivity index (χ1v) is 5.26. The molecule has 0 aliphatic heterocycles. The molecular formula is C8H3BrClFS. The Bertz CT molecular complexity index is 438. The topological polar surface area (TPSA) is 0 Å². The van der Waals surface area contributed by atoms with Crippen LogP contribution in [0.5, 0.6) is 0 Å². The number of benzene rings is 1. The fourth-order valence-corrected chi connectivity index (χ4v) is 2.87. The monoisotopic (exact) mass is 264 g/mol. The quantitative estimate of drug-likeness (QED) is 0.617. The normalized spacial score (nSPS) is 10.9. The summed E-state index contributed by atoms with van der Waals surface area (Å²) in [6, 6.07) is 3.55. The molecule has 1 aromatic heterocycles. The van der Waals surface area contributed by atoms with Gasteiger partial charge in [-0.25, -0.2) is 4.39 Å². The molecule has 0 unspecified atom stereocenters. The van der Waals surface area contributed by atoms with Gasteiger partial charge in [0.2, 0.25) is 0 Å². The fourth-order valence-electron chi connectivity index (χ4n) is 1.02. The van der Waals surface area contributed by atoms with Crippen LogP contribution in [0.2, 0.25) is 5.02 Å². The van der Waals surface area contributed by atoms with Gasteiger partial charge < -0.3 is 0 Å². The minimum absolute atomic E-state index is 0.160. The van der Waals surface area contributed by atoms with Gasteiger partial charge in [-0.1, -0.05) is 11.6 Å². The second-order valence-electron chi connectivity index (χ2n) is 2.33. The van der Waals surface area contributed by atoms with Crippen molar-refractivity contribution in [3.63, 3.8) is 0 Å². The minimum atomic E-state index is -0.383. The van der Waals surface area contributed by atoms with Crippen LogP contribution in [0.15, 0.2) is 22.0 Å². The third kappa shape index (κ3) is 1.16. The molecule has 0 nitrogen and oxygen atoms in total. The van der Waals surface area contributed by atoms with Gasteiger partial charge in [-0.3, -0.25) is 0 Å². The van der Waals surface area contributed by atoms with E-state index in [1.54, 1.807) is 6.07 Å². The first-order valence-electron chi connectivity index (χ1n) is 3.21. The number of fused-ring (bicyclic) bond motifs is 1. The molecule has 0 N–H and O–H groups in total. The van der Waals surface area contributed by atoms with Gasteiger partial charge >= 0.3 is 0 Å². The predicted octanol–water partition coefficient (Wildman–Crippen LogP) is 4.46. The summed E-state index contributed by atoms with van der Waals surface area (Å²) in [7, 11) is 0. The summed E-state index contributed by atoms with van der Waals surface area (Å²) in [4.78, 5) is 0. The molecule has 0 radical (unpaired) electrons. The fraction of sp³-hybridized carbons (Fsp3) is 0. The van der Waals surface area contributed by atoms with Gasteiger partial charge in [-0.15, -0.1) is 11.3 Å². The smallest absolute Gasteiger partial charge is 0.157 e. The number of rotatable bonds is 0. The van der Waals surface area contributed by atoms with E-state index in [1.165, 1.54) is 11.3 Å². The van der Waals surface area contributed by atoms with Crippen LogP contribution in [0.4, 0.5) is 4.39 Å². The molecule has 0 spiro atoms. The maximum Gasteiger partial charge on any atom is 0.157 e. The van der Waals surface area contributed by atoms with Crippen LogP contribution in [-0.2, 0) is 0 Å². The zero-order valence-corrected chi connectivity index (χ0v) is 8.93. The van der Waals surface area contributed by atoms with E-state index >= 15 is 0 Å². The largest absolute Gasteiger partial charge is 0.204 e. The zero-order valence-electron chi connectivity index (χ0n) is 5.77. The summed E-state index contributed by atoms with van der Waals surface area (Å²) < 4.78 is 14.5. The molecule has 1 heterocycles. The molecule has 0 saturated carbocycles. The van der Waals surface area contributed by atoms with Crippen LogP contribution in [0.25, 0.3) is 10.1 Å². The maximum absolute atomic E-state index is 13.2. The van der Waals surface area contributed by atoms with Crippen LogP contribution < -0.4 is 0 Å².